The maximum absolute atomic E-state index is 13.1. The van der Waals surface area contributed by atoms with E-state index in [4.69, 9.17) is 9.47 Å². The fourth-order valence-corrected chi connectivity index (χ4v) is 2.44. The van der Waals surface area contributed by atoms with Gasteiger partial charge in [0.2, 0.25) is 5.88 Å². The molecule has 0 aliphatic rings. The van der Waals surface area contributed by atoms with Crippen LogP contribution in [-0.2, 0) is 11.3 Å². The van der Waals surface area contributed by atoms with Gasteiger partial charge in [0.25, 0.3) is 5.91 Å². The standard InChI is InChI=1S/C18H20BrFN2O3/c1-3-8-24-17-9-13(6-7-21-17)11-22-18(23)12(2)25-16-5-4-14(20)10-15(16)19/h4-7,9-10,12H,3,8,11H2,1-2H3,(H,22,23)/t12-/m0/s1. The molecule has 0 radical (unpaired) electrons. The van der Waals surface area contributed by atoms with Crippen LogP contribution in [0.1, 0.15) is 25.8 Å². The van der Waals surface area contributed by atoms with Crippen LogP contribution in [0.2, 0.25) is 0 Å². The maximum Gasteiger partial charge on any atom is 0.261 e. The number of ether oxygens (including phenoxy) is 2. The van der Waals surface area contributed by atoms with Gasteiger partial charge in [-0.1, -0.05) is 6.92 Å². The van der Waals surface area contributed by atoms with Crippen LogP contribution in [0.3, 0.4) is 0 Å². The fourth-order valence-electron chi connectivity index (χ4n) is 1.99. The molecule has 25 heavy (non-hydrogen) atoms. The van der Waals surface area contributed by atoms with Gasteiger partial charge in [-0.05, 0) is 59.1 Å². The number of pyridine rings is 1. The summed E-state index contributed by atoms with van der Waals surface area (Å²) in [5.41, 5.74) is 0.879. The molecule has 0 unspecified atom stereocenters. The van der Waals surface area contributed by atoms with Gasteiger partial charge in [0.1, 0.15) is 11.6 Å². The Morgan fingerprint density at radius 2 is 2.16 bits per heavy atom. The van der Waals surface area contributed by atoms with E-state index < -0.39 is 6.10 Å². The molecule has 0 fully saturated rings. The molecule has 1 aromatic heterocycles. The molecule has 0 spiro atoms. The van der Waals surface area contributed by atoms with Crippen molar-refractivity contribution in [1.29, 1.82) is 0 Å². The van der Waals surface area contributed by atoms with Crippen LogP contribution in [0.25, 0.3) is 0 Å². The zero-order valence-electron chi connectivity index (χ0n) is 14.1. The predicted octanol–water partition coefficient (Wildman–Crippen LogP) is 3.86. The van der Waals surface area contributed by atoms with Crippen molar-refractivity contribution in [2.75, 3.05) is 6.61 Å². The van der Waals surface area contributed by atoms with Gasteiger partial charge in [0.15, 0.2) is 6.10 Å². The highest BCUT2D eigenvalue weighted by atomic mass is 79.9. The number of hydrogen-bond donors (Lipinski definition) is 1. The quantitative estimate of drug-likeness (QED) is 0.717. The maximum atomic E-state index is 13.1. The summed E-state index contributed by atoms with van der Waals surface area (Å²) in [7, 11) is 0. The summed E-state index contributed by atoms with van der Waals surface area (Å²) in [5.74, 6) is 0.288. The van der Waals surface area contributed by atoms with Gasteiger partial charge >= 0.3 is 0 Å². The average Bonchev–Trinajstić information content (AvgIpc) is 2.60. The van der Waals surface area contributed by atoms with Crippen molar-refractivity contribution in [3.05, 3.63) is 52.4 Å². The molecule has 2 rings (SSSR count). The Morgan fingerprint density at radius 3 is 2.88 bits per heavy atom. The molecule has 0 bridgehead atoms. The van der Waals surface area contributed by atoms with Crippen molar-refractivity contribution in [3.8, 4) is 11.6 Å². The minimum atomic E-state index is -0.723. The first-order chi connectivity index (χ1) is 12.0. The van der Waals surface area contributed by atoms with E-state index >= 15 is 0 Å². The first-order valence-corrected chi connectivity index (χ1v) is 8.76. The SMILES string of the molecule is CCCOc1cc(CNC(=O)[C@H](C)Oc2ccc(F)cc2Br)ccn1. The molecule has 5 nitrogen and oxygen atoms in total. The molecule has 1 heterocycles. The Bertz CT molecular complexity index is 727. The molecule has 7 heteroatoms. The fraction of sp³-hybridized carbons (Fsp3) is 0.333. The summed E-state index contributed by atoms with van der Waals surface area (Å²) in [6.07, 6.45) is 1.82. The molecule has 0 aliphatic heterocycles. The molecule has 134 valence electrons. The number of rotatable bonds is 8. The lowest BCUT2D eigenvalue weighted by molar-refractivity contribution is -0.127. The van der Waals surface area contributed by atoms with Crippen LogP contribution in [-0.4, -0.2) is 23.6 Å². The van der Waals surface area contributed by atoms with Crippen molar-refractivity contribution in [2.45, 2.75) is 32.9 Å². The van der Waals surface area contributed by atoms with E-state index in [1.165, 1.54) is 18.2 Å². The van der Waals surface area contributed by atoms with E-state index in [2.05, 4.69) is 26.2 Å². The summed E-state index contributed by atoms with van der Waals surface area (Å²) in [6, 6.07) is 7.64. The van der Waals surface area contributed by atoms with Gasteiger partial charge in [0.05, 0.1) is 11.1 Å². The summed E-state index contributed by atoms with van der Waals surface area (Å²) in [5, 5.41) is 2.80. The minimum absolute atomic E-state index is 0.274. The highest BCUT2D eigenvalue weighted by Crippen LogP contribution is 2.26. The van der Waals surface area contributed by atoms with Crippen LogP contribution >= 0.6 is 15.9 Å². The molecular formula is C18H20BrFN2O3. The van der Waals surface area contributed by atoms with Gasteiger partial charge < -0.3 is 14.8 Å². The second kappa shape index (κ2) is 9.36. The Kier molecular flexibility index (Phi) is 7.18. The molecule has 0 saturated carbocycles. The number of nitrogens with zero attached hydrogens (tertiary/aromatic N) is 1. The molecule has 0 aliphatic carbocycles. The summed E-state index contributed by atoms with van der Waals surface area (Å²) < 4.78 is 24.6. The second-order valence-corrected chi connectivity index (χ2v) is 6.26. The Hall–Kier alpha value is -2.15. The van der Waals surface area contributed by atoms with Gasteiger partial charge in [-0.25, -0.2) is 9.37 Å². The normalized spacial score (nSPS) is 11.7. The Labute approximate surface area is 154 Å². The molecular weight excluding hydrogens is 391 g/mol. The predicted molar refractivity (Wildman–Crippen MR) is 96.1 cm³/mol. The second-order valence-electron chi connectivity index (χ2n) is 5.40. The lowest BCUT2D eigenvalue weighted by atomic mass is 10.2. The number of carbonyl (C=O) groups excluding carboxylic acids is 1. The van der Waals surface area contributed by atoms with E-state index in [1.807, 2.05) is 6.92 Å². The zero-order valence-corrected chi connectivity index (χ0v) is 15.7. The smallest absolute Gasteiger partial charge is 0.261 e. The van der Waals surface area contributed by atoms with Crippen molar-refractivity contribution in [3.63, 3.8) is 0 Å². The van der Waals surface area contributed by atoms with Crippen molar-refractivity contribution >= 4 is 21.8 Å². The molecule has 1 amide bonds. The number of hydrogen-bond acceptors (Lipinski definition) is 4. The van der Waals surface area contributed by atoms with E-state index in [9.17, 15) is 9.18 Å². The first kappa shape index (κ1) is 19.2. The highest BCUT2D eigenvalue weighted by molar-refractivity contribution is 9.10. The Balaban J connectivity index is 1.88. The summed E-state index contributed by atoms with van der Waals surface area (Å²) >= 11 is 3.21. The number of benzene rings is 1. The van der Waals surface area contributed by atoms with Crippen LogP contribution < -0.4 is 14.8 Å². The zero-order chi connectivity index (χ0) is 18.2. The Morgan fingerprint density at radius 1 is 1.36 bits per heavy atom. The third-order valence-corrected chi connectivity index (χ3v) is 3.91. The molecule has 1 N–H and O–H groups in total. The van der Waals surface area contributed by atoms with Crippen LogP contribution in [0, 0.1) is 5.82 Å². The van der Waals surface area contributed by atoms with Crippen LogP contribution in [0.5, 0.6) is 11.6 Å². The van der Waals surface area contributed by atoms with Crippen molar-refractivity contribution in [1.82, 2.24) is 10.3 Å². The first-order valence-electron chi connectivity index (χ1n) is 7.96. The number of halogens is 2. The molecule has 1 aromatic carbocycles. The van der Waals surface area contributed by atoms with Crippen LogP contribution in [0.15, 0.2) is 41.0 Å². The molecule has 1 atom stereocenters. The van der Waals surface area contributed by atoms with Gasteiger partial charge in [-0.15, -0.1) is 0 Å². The van der Waals surface area contributed by atoms with Gasteiger partial charge in [-0.2, -0.15) is 0 Å². The largest absolute Gasteiger partial charge is 0.480 e. The van der Waals surface area contributed by atoms with E-state index in [1.54, 1.807) is 25.3 Å². The highest BCUT2D eigenvalue weighted by Gasteiger charge is 2.16. The lowest BCUT2D eigenvalue weighted by Crippen LogP contribution is -2.36. The summed E-state index contributed by atoms with van der Waals surface area (Å²) in [6.45, 7) is 4.58. The van der Waals surface area contributed by atoms with E-state index in [-0.39, 0.29) is 11.7 Å². The average molecular weight is 411 g/mol. The third-order valence-electron chi connectivity index (χ3n) is 3.29. The molecule has 0 saturated heterocycles. The van der Waals surface area contributed by atoms with Gasteiger partial charge in [0, 0.05) is 18.8 Å². The molecule has 2 aromatic rings. The number of amides is 1. The minimum Gasteiger partial charge on any atom is -0.480 e. The monoisotopic (exact) mass is 410 g/mol. The number of carbonyl (C=O) groups is 1. The lowest BCUT2D eigenvalue weighted by Gasteiger charge is -2.16. The summed E-state index contributed by atoms with van der Waals surface area (Å²) in [4.78, 5) is 16.3. The van der Waals surface area contributed by atoms with Gasteiger partial charge in [-0.3, -0.25) is 4.79 Å². The number of aromatic nitrogens is 1. The van der Waals surface area contributed by atoms with Crippen molar-refractivity contribution < 1.29 is 18.7 Å². The van der Waals surface area contributed by atoms with E-state index in [0.717, 1.165) is 12.0 Å². The van der Waals surface area contributed by atoms with Crippen molar-refractivity contribution in [2.24, 2.45) is 0 Å². The third kappa shape index (κ3) is 6.01. The van der Waals surface area contributed by atoms with E-state index in [0.29, 0.717) is 29.3 Å². The topological polar surface area (TPSA) is 60.5 Å². The number of nitrogens with one attached hydrogen (secondary N) is 1. The van der Waals surface area contributed by atoms with Crippen LogP contribution in [0.4, 0.5) is 4.39 Å².